The molecule has 3 aromatic rings. The first kappa shape index (κ1) is 25.5. The smallest absolute Gasteiger partial charge is 0.303 e. The number of benzene rings is 1. The quantitative estimate of drug-likeness (QED) is 0.257. The minimum Gasteiger partial charge on any atom is -0.463 e. The van der Waals surface area contributed by atoms with Crippen LogP contribution in [0, 0.1) is 0 Å². The van der Waals surface area contributed by atoms with Crippen LogP contribution in [-0.4, -0.2) is 68.3 Å². The normalized spacial score (nSPS) is 20.8. The Balaban J connectivity index is 1.72. The van der Waals surface area contributed by atoms with Crippen molar-refractivity contribution in [1.82, 2.24) is 19.5 Å². The summed E-state index contributed by atoms with van der Waals surface area (Å²) >= 11 is 0. The lowest BCUT2D eigenvalue weighted by atomic mass is 10.1. The molecule has 14 nitrogen and oxygen atoms in total. The van der Waals surface area contributed by atoms with Crippen LogP contribution in [0.5, 0.6) is 0 Å². The van der Waals surface area contributed by atoms with E-state index in [0.717, 1.165) is 13.8 Å². The molecule has 1 aromatic carbocycles. The van der Waals surface area contributed by atoms with E-state index >= 15 is 0 Å². The van der Waals surface area contributed by atoms with Crippen molar-refractivity contribution in [2.45, 2.75) is 45.3 Å². The molecule has 1 fully saturated rings. The summed E-state index contributed by atoms with van der Waals surface area (Å²) < 4.78 is 23.1. The van der Waals surface area contributed by atoms with E-state index in [1.807, 2.05) is 0 Å². The number of imidazole rings is 1. The minimum atomic E-state index is -1.21. The third kappa shape index (κ3) is 5.64. The largest absolute Gasteiger partial charge is 0.463 e. The molecule has 1 amide bonds. The average Bonchev–Trinajstić information content (AvgIpc) is 3.39. The van der Waals surface area contributed by atoms with E-state index < -0.39 is 53.9 Å². The second kappa shape index (κ2) is 10.6. The summed E-state index contributed by atoms with van der Waals surface area (Å²) in [6.45, 7) is 3.21. The molecule has 2 aromatic heterocycles. The van der Waals surface area contributed by atoms with Gasteiger partial charge in [-0.1, -0.05) is 18.2 Å². The Hall–Kier alpha value is -4.59. The first-order valence-electron chi connectivity index (χ1n) is 11.1. The van der Waals surface area contributed by atoms with E-state index in [4.69, 9.17) is 18.9 Å². The lowest BCUT2D eigenvalue weighted by Crippen LogP contribution is -2.40. The highest BCUT2D eigenvalue weighted by atomic mass is 16.7. The van der Waals surface area contributed by atoms with E-state index in [0.29, 0.717) is 5.56 Å². The number of fused-ring (bicyclic) bond motifs is 1. The Morgan fingerprint density at radius 3 is 2.35 bits per heavy atom. The summed E-state index contributed by atoms with van der Waals surface area (Å²) in [5.74, 6) is -2.66. The monoisotopic (exact) mass is 514 g/mol. The lowest BCUT2D eigenvalue weighted by molar-refractivity contribution is -0.166. The number of H-pyrrole nitrogens is 1. The van der Waals surface area contributed by atoms with Gasteiger partial charge in [0.05, 0.1) is 6.33 Å². The van der Waals surface area contributed by atoms with Crippen molar-refractivity contribution in [1.29, 1.82) is 0 Å². The molecule has 0 spiro atoms. The fourth-order valence-electron chi connectivity index (χ4n) is 3.86. The number of ether oxygens (including phenoxy) is 4. The van der Waals surface area contributed by atoms with Gasteiger partial charge in [0.25, 0.3) is 11.5 Å². The van der Waals surface area contributed by atoms with Gasteiger partial charge in [0.15, 0.2) is 29.6 Å². The van der Waals surface area contributed by atoms with E-state index in [9.17, 15) is 24.0 Å². The van der Waals surface area contributed by atoms with Gasteiger partial charge in [-0.3, -0.25) is 38.8 Å². The van der Waals surface area contributed by atoms with Crippen LogP contribution in [0.3, 0.4) is 0 Å². The van der Waals surface area contributed by atoms with Crippen LogP contribution in [0.1, 0.15) is 37.4 Å². The molecule has 0 radical (unpaired) electrons. The molecular weight excluding hydrogens is 491 g/mol. The molecule has 3 heterocycles. The lowest BCUT2D eigenvalue weighted by Gasteiger charge is -2.23. The maximum absolute atomic E-state index is 12.7. The molecule has 37 heavy (non-hydrogen) atoms. The topological polar surface area (TPSA) is 181 Å². The Morgan fingerprint density at radius 1 is 1.03 bits per heavy atom. The van der Waals surface area contributed by atoms with Crippen LogP contribution in [0.15, 0.2) is 41.5 Å². The molecule has 14 heteroatoms. The Labute approximate surface area is 208 Å². The maximum Gasteiger partial charge on any atom is 0.303 e. The van der Waals surface area contributed by atoms with Crippen molar-refractivity contribution >= 4 is 40.9 Å². The fraction of sp³-hybridized carbons (Fsp3) is 0.348. The number of aromatic amines is 1. The van der Waals surface area contributed by atoms with Crippen LogP contribution in [-0.2, 0) is 33.3 Å². The molecule has 1 aliphatic heterocycles. The van der Waals surface area contributed by atoms with Crippen molar-refractivity contribution in [3.63, 3.8) is 0 Å². The predicted molar refractivity (Wildman–Crippen MR) is 124 cm³/mol. The van der Waals surface area contributed by atoms with Gasteiger partial charge in [-0.2, -0.15) is 4.98 Å². The summed E-state index contributed by atoms with van der Waals surface area (Å²) in [6, 6.07) is 8.29. The molecule has 0 saturated carbocycles. The van der Waals surface area contributed by atoms with Crippen molar-refractivity contribution in [2.24, 2.45) is 0 Å². The maximum atomic E-state index is 12.7. The number of nitrogens with one attached hydrogen (secondary N) is 2. The number of anilines is 1. The van der Waals surface area contributed by atoms with Gasteiger partial charge in [0, 0.05) is 26.3 Å². The Bertz CT molecular complexity index is 1400. The molecule has 194 valence electrons. The Kier molecular flexibility index (Phi) is 7.29. The van der Waals surface area contributed by atoms with Crippen LogP contribution in [0.2, 0.25) is 0 Å². The van der Waals surface area contributed by atoms with E-state index in [-0.39, 0.29) is 23.7 Å². The first-order chi connectivity index (χ1) is 17.6. The zero-order valence-electron chi connectivity index (χ0n) is 20.0. The summed E-state index contributed by atoms with van der Waals surface area (Å²) in [5, 5.41) is 2.52. The highest BCUT2D eigenvalue weighted by molar-refractivity contribution is 6.03. The molecule has 0 unspecified atom stereocenters. The molecule has 0 bridgehead atoms. The van der Waals surface area contributed by atoms with Crippen molar-refractivity contribution in [3.05, 3.63) is 52.6 Å². The standard InChI is InChI=1S/C23H23N5O9/c1-11(29)34-9-15-17(35-12(2)30)18(36-13(3)31)22(37-15)28-10-24-16-19(28)25-23(27-21(16)33)26-20(32)14-7-5-4-6-8-14/h4-8,10,15,17-18,22H,9H2,1-3H3,(H2,25,26,27,32,33)/t15-,17-,18-,22-/m1/s1/i26+1. The highest BCUT2D eigenvalue weighted by Gasteiger charge is 2.51. The highest BCUT2D eigenvalue weighted by Crippen LogP contribution is 2.35. The van der Waals surface area contributed by atoms with Crippen molar-refractivity contribution in [3.8, 4) is 0 Å². The molecule has 2 N–H and O–H groups in total. The minimum absolute atomic E-state index is 0.0102. The molecule has 4 rings (SSSR count). The SMILES string of the molecule is CC(=O)OC[C@H]1O[C@@H](n2cnc3c(=O)[nH]c([15NH]C(=O)c4ccccc4)nc32)[C@H](OC(C)=O)[C@@H]1OC(C)=O. The van der Waals surface area contributed by atoms with Gasteiger partial charge < -0.3 is 18.9 Å². The van der Waals surface area contributed by atoms with Gasteiger partial charge in [-0.05, 0) is 12.1 Å². The number of esters is 3. The van der Waals surface area contributed by atoms with Crippen molar-refractivity contribution in [2.75, 3.05) is 11.9 Å². The van der Waals surface area contributed by atoms with Crippen LogP contribution >= 0.6 is 0 Å². The summed E-state index contributed by atoms with van der Waals surface area (Å²) in [7, 11) is 0. The Morgan fingerprint density at radius 2 is 1.70 bits per heavy atom. The van der Waals surface area contributed by atoms with Gasteiger partial charge in [-0.25, -0.2) is 4.98 Å². The van der Waals surface area contributed by atoms with Gasteiger partial charge in [0.1, 0.15) is 12.7 Å². The molecule has 4 atom stereocenters. The predicted octanol–water partition coefficient (Wildman–Crippen LogP) is 0.696. The van der Waals surface area contributed by atoms with E-state index in [2.05, 4.69) is 20.3 Å². The van der Waals surface area contributed by atoms with Crippen LogP contribution < -0.4 is 10.9 Å². The van der Waals surface area contributed by atoms with Gasteiger partial charge in [-0.15, -0.1) is 0 Å². The van der Waals surface area contributed by atoms with Crippen LogP contribution in [0.25, 0.3) is 11.2 Å². The van der Waals surface area contributed by atoms with E-state index in [1.165, 1.54) is 17.8 Å². The molecule has 1 saturated heterocycles. The summed E-state index contributed by atoms with van der Waals surface area (Å²) in [6.07, 6.45) is -3.31. The number of nitrogens with zero attached hydrogens (tertiary/aromatic N) is 3. The van der Waals surface area contributed by atoms with E-state index in [1.54, 1.807) is 30.3 Å². The zero-order valence-corrected chi connectivity index (χ0v) is 20.0. The molecule has 1 aliphatic rings. The number of aromatic nitrogens is 4. The zero-order chi connectivity index (χ0) is 26.7. The number of hydrogen-bond donors (Lipinski definition) is 2. The summed E-state index contributed by atoms with van der Waals surface area (Å²) in [4.78, 5) is 71.1. The molecule has 0 aliphatic carbocycles. The number of carbonyl (C=O) groups is 4. The third-order valence-electron chi connectivity index (χ3n) is 5.31. The van der Waals surface area contributed by atoms with Gasteiger partial charge >= 0.3 is 17.9 Å². The average molecular weight is 514 g/mol. The van der Waals surface area contributed by atoms with Crippen molar-refractivity contribution < 1.29 is 38.1 Å². The second-order valence-electron chi connectivity index (χ2n) is 8.07. The number of amides is 1. The molecular formula is C23H23N5O9. The number of hydrogen-bond acceptors (Lipinski definition) is 11. The number of carbonyl (C=O) groups excluding carboxylic acids is 4. The summed E-state index contributed by atoms with van der Waals surface area (Å²) in [5.41, 5.74) is -0.410. The fourth-order valence-corrected chi connectivity index (χ4v) is 3.86. The third-order valence-corrected chi connectivity index (χ3v) is 5.31. The van der Waals surface area contributed by atoms with Crippen LogP contribution in [0.4, 0.5) is 5.95 Å². The van der Waals surface area contributed by atoms with Gasteiger partial charge in [0.2, 0.25) is 5.95 Å². The second-order valence-corrected chi connectivity index (χ2v) is 8.07. The first-order valence-corrected chi connectivity index (χ1v) is 11.1. The number of rotatable bonds is 7.